The molecular weight excluding hydrogens is 222 g/mol. The van der Waals surface area contributed by atoms with Gasteiger partial charge in [0, 0.05) is 11.2 Å². The van der Waals surface area contributed by atoms with Crippen molar-refractivity contribution in [1.29, 1.82) is 0 Å². The van der Waals surface area contributed by atoms with Crippen molar-refractivity contribution in [2.75, 3.05) is 13.2 Å². The van der Waals surface area contributed by atoms with Crippen LogP contribution < -0.4 is 5.32 Å². The minimum Gasteiger partial charge on any atom is -0.395 e. The molecule has 0 bridgehead atoms. The summed E-state index contributed by atoms with van der Waals surface area (Å²) in [5.74, 6) is -0.104. The van der Waals surface area contributed by atoms with Gasteiger partial charge in [0.25, 0.3) is 5.91 Å². The number of hydrogen-bond acceptors (Lipinski definition) is 3. The Morgan fingerprint density at radius 3 is 2.88 bits per heavy atom. The summed E-state index contributed by atoms with van der Waals surface area (Å²) in [5.41, 5.74) is 1.01. The van der Waals surface area contributed by atoms with Crippen molar-refractivity contribution < 1.29 is 9.90 Å². The highest BCUT2D eigenvalue weighted by atomic mass is 32.1. The van der Waals surface area contributed by atoms with Crippen LogP contribution in [0.15, 0.2) is 24.3 Å². The Kier molecular flexibility index (Phi) is 3.22. The Morgan fingerprint density at radius 2 is 2.19 bits per heavy atom. The summed E-state index contributed by atoms with van der Waals surface area (Å²) in [4.78, 5) is 12.5. The van der Waals surface area contributed by atoms with E-state index in [0.717, 1.165) is 20.5 Å². The maximum atomic E-state index is 11.8. The van der Waals surface area contributed by atoms with Crippen LogP contribution in [0, 0.1) is 6.92 Å². The van der Waals surface area contributed by atoms with E-state index in [-0.39, 0.29) is 12.5 Å². The van der Waals surface area contributed by atoms with Gasteiger partial charge < -0.3 is 10.4 Å². The van der Waals surface area contributed by atoms with Crippen LogP contribution in [0.1, 0.15) is 15.2 Å². The highest BCUT2D eigenvalue weighted by Gasteiger charge is 2.14. The third-order valence-electron chi connectivity index (χ3n) is 2.45. The zero-order chi connectivity index (χ0) is 11.5. The highest BCUT2D eigenvalue weighted by Crippen LogP contribution is 2.30. The summed E-state index contributed by atoms with van der Waals surface area (Å²) in [7, 11) is 0. The molecule has 0 saturated heterocycles. The van der Waals surface area contributed by atoms with E-state index in [1.807, 2.05) is 31.2 Å². The number of aliphatic hydroxyl groups excluding tert-OH is 1. The molecule has 0 saturated carbocycles. The Balaban J connectivity index is 2.37. The Bertz CT molecular complexity index is 519. The normalized spacial score (nSPS) is 10.6. The molecule has 1 heterocycles. The molecule has 2 rings (SSSR count). The van der Waals surface area contributed by atoms with Crippen LogP contribution in [-0.2, 0) is 0 Å². The van der Waals surface area contributed by atoms with Gasteiger partial charge >= 0.3 is 0 Å². The van der Waals surface area contributed by atoms with Gasteiger partial charge in [-0.3, -0.25) is 4.79 Å². The number of benzene rings is 1. The molecule has 0 spiro atoms. The van der Waals surface area contributed by atoms with E-state index < -0.39 is 0 Å². The summed E-state index contributed by atoms with van der Waals surface area (Å²) < 4.78 is 1.12. The summed E-state index contributed by atoms with van der Waals surface area (Å²) in [6, 6.07) is 7.96. The van der Waals surface area contributed by atoms with Crippen molar-refractivity contribution in [3.05, 3.63) is 34.7 Å². The molecule has 0 aliphatic heterocycles. The first-order chi connectivity index (χ1) is 7.74. The summed E-state index contributed by atoms with van der Waals surface area (Å²) in [5, 5.41) is 12.5. The first kappa shape index (κ1) is 11.1. The smallest absolute Gasteiger partial charge is 0.261 e. The molecule has 2 aromatic rings. The fourth-order valence-corrected chi connectivity index (χ4v) is 2.77. The van der Waals surface area contributed by atoms with Crippen molar-refractivity contribution in [3.8, 4) is 0 Å². The molecule has 0 radical (unpaired) electrons. The van der Waals surface area contributed by atoms with Crippen molar-refractivity contribution in [3.63, 3.8) is 0 Å². The molecule has 0 fully saturated rings. The third-order valence-corrected chi connectivity index (χ3v) is 3.72. The van der Waals surface area contributed by atoms with E-state index in [9.17, 15) is 4.79 Å². The number of fused-ring (bicyclic) bond motifs is 1. The molecule has 16 heavy (non-hydrogen) atoms. The van der Waals surface area contributed by atoms with Gasteiger partial charge in [-0.15, -0.1) is 11.3 Å². The van der Waals surface area contributed by atoms with Gasteiger partial charge in [0.2, 0.25) is 0 Å². The molecule has 1 amide bonds. The van der Waals surface area contributed by atoms with Crippen LogP contribution in [0.2, 0.25) is 0 Å². The SMILES string of the molecule is Cc1c(C(=O)NCCO)sc2ccccc12. The van der Waals surface area contributed by atoms with E-state index in [1.165, 1.54) is 11.3 Å². The number of nitrogens with one attached hydrogen (secondary N) is 1. The number of rotatable bonds is 3. The second kappa shape index (κ2) is 4.63. The van der Waals surface area contributed by atoms with Gasteiger partial charge in [-0.1, -0.05) is 18.2 Å². The van der Waals surface area contributed by atoms with Crippen LogP contribution in [0.25, 0.3) is 10.1 Å². The zero-order valence-corrected chi connectivity index (χ0v) is 9.80. The van der Waals surface area contributed by atoms with Crippen molar-refractivity contribution >= 4 is 27.3 Å². The molecule has 2 N–H and O–H groups in total. The van der Waals surface area contributed by atoms with Crippen LogP contribution in [-0.4, -0.2) is 24.2 Å². The average molecular weight is 235 g/mol. The number of aliphatic hydroxyl groups is 1. The van der Waals surface area contributed by atoms with Crippen LogP contribution in [0.4, 0.5) is 0 Å². The fraction of sp³-hybridized carbons (Fsp3) is 0.250. The van der Waals surface area contributed by atoms with E-state index in [1.54, 1.807) is 0 Å². The Labute approximate surface area is 97.7 Å². The molecule has 0 aliphatic rings. The van der Waals surface area contributed by atoms with Gasteiger partial charge in [0.1, 0.15) is 0 Å². The fourth-order valence-electron chi connectivity index (χ4n) is 1.64. The molecule has 0 atom stereocenters. The second-order valence-electron chi connectivity index (χ2n) is 3.53. The minimum absolute atomic E-state index is 0.0321. The molecular formula is C12H13NO2S. The topological polar surface area (TPSA) is 49.3 Å². The van der Waals surface area contributed by atoms with Crippen molar-refractivity contribution in [1.82, 2.24) is 5.32 Å². The lowest BCUT2D eigenvalue weighted by Gasteiger charge is -2.01. The maximum Gasteiger partial charge on any atom is 0.261 e. The number of hydrogen-bond donors (Lipinski definition) is 2. The van der Waals surface area contributed by atoms with E-state index >= 15 is 0 Å². The molecule has 1 aromatic carbocycles. The molecule has 4 heteroatoms. The van der Waals surface area contributed by atoms with Crippen LogP contribution in [0.5, 0.6) is 0 Å². The number of thiophene rings is 1. The predicted octanol–water partition coefficient (Wildman–Crippen LogP) is 1.93. The number of carbonyl (C=O) groups excluding carboxylic acids is 1. The molecule has 3 nitrogen and oxygen atoms in total. The first-order valence-electron chi connectivity index (χ1n) is 5.11. The monoisotopic (exact) mass is 235 g/mol. The summed E-state index contributed by atoms with van der Waals surface area (Å²) >= 11 is 1.49. The predicted molar refractivity (Wildman–Crippen MR) is 66.0 cm³/mol. The third kappa shape index (κ3) is 1.94. The van der Waals surface area contributed by atoms with Crippen molar-refractivity contribution in [2.45, 2.75) is 6.92 Å². The van der Waals surface area contributed by atoms with Gasteiger partial charge in [-0.2, -0.15) is 0 Å². The molecule has 0 unspecified atom stereocenters. The summed E-state index contributed by atoms with van der Waals surface area (Å²) in [6.07, 6.45) is 0. The Hall–Kier alpha value is -1.39. The first-order valence-corrected chi connectivity index (χ1v) is 5.93. The van der Waals surface area contributed by atoms with E-state index in [4.69, 9.17) is 5.11 Å². The maximum absolute atomic E-state index is 11.8. The molecule has 1 aromatic heterocycles. The largest absolute Gasteiger partial charge is 0.395 e. The van der Waals surface area contributed by atoms with Crippen molar-refractivity contribution in [2.24, 2.45) is 0 Å². The lowest BCUT2D eigenvalue weighted by atomic mass is 10.1. The molecule has 0 aliphatic carbocycles. The van der Waals surface area contributed by atoms with Gasteiger partial charge in [0.05, 0.1) is 11.5 Å². The second-order valence-corrected chi connectivity index (χ2v) is 4.58. The number of amides is 1. The highest BCUT2D eigenvalue weighted by molar-refractivity contribution is 7.21. The van der Waals surface area contributed by atoms with Crippen LogP contribution >= 0.6 is 11.3 Å². The van der Waals surface area contributed by atoms with Crippen LogP contribution in [0.3, 0.4) is 0 Å². The lowest BCUT2D eigenvalue weighted by Crippen LogP contribution is -2.26. The summed E-state index contributed by atoms with van der Waals surface area (Å²) in [6.45, 7) is 2.22. The zero-order valence-electron chi connectivity index (χ0n) is 8.99. The van der Waals surface area contributed by atoms with Gasteiger partial charge in [-0.25, -0.2) is 0 Å². The number of aryl methyl sites for hydroxylation is 1. The quantitative estimate of drug-likeness (QED) is 0.854. The standard InChI is InChI=1S/C12H13NO2S/c1-8-9-4-2-3-5-10(9)16-11(8)12(15)13-6-7-14/h2-5,14H,6-7H2,1H3,(H,13,15). The van der Waals surface area contributed by atoms with E-state index in [2.05, 4.69) is 5.32 Å². The van der Waals surface area contributed by atoms with Gasteiger partial charge in [0.15, 0.2) is 0 Å². The number of carbonyl (C=O) groups is 1. The van der Waals surface area contributed by atoms with E-state index in [0.29, 0.717) is 6.54 Å². The van der Waals surface area contributed by atoms with Gasteiger partial charge in [-0.05, 0) is 23.9 Å². The minimum atomic E-state index is -0.104. The average Bonchev–Trinajstić information content (AvgIpc) is 2.64. The molecule has 84 valence electrons. The lowest BCUT2D eigenvalue weighted by molar-refractivity contribution is 0.0948. The Morgan fingerprint density at radius 1 is 1.44 bits per heavy atom.